The van der Waals surface area contributed by atoms with Crippen LogP contribution in [0.3, 0.4) is 0 Å². The van der Waals surface area contributed by atoms with Crippen molar-refractivity contribution in [3.05, 3.63) is 80.0 Å². The normalized spacial score (nSPS) is 18.4. The molecule has 10 heteroatoms. The van der Waals surface area contributed by atoms with Gasteiger partial charge < -0.3 is 35.0 Å². The molecule has 0 unspecified atom stereocenters. The molecule has 0 heterocycles. The molecular formula is C30H37IN2O7. The summed E-state index contributed by atoms with van der Waals surface area (Å²) in [5, 5.41) is 33.1. The highest BCUT2D eigenvalue weighted by Crippen LogP contribution is 2.37. The molecule has 0 aromatic heterocycles. The van der Waals surface area contributed by atoms with E-state index >= 15 is 0 Å². The maximum Gasteiger partial charge on any atom is 0.247 e. The van der Waals surface area contributed by atoms with Gasteiger partial charge in [0.1, 0.15) is 12.2 Å². The molecule has 0 radical (unpaired) electrons. The average molecular weight is 665 g/mol. The monoisotopic (exact) mass is 664 g/mol. The third-order valence-electron chi connectivity index (χ3n) is 6.51. The van der Waals surface area contributed by atoms with Gasteiger partial charge >= 0.3 is 0 Å². The van der Waals surface area contributed by atoms with Crippen LogP contribution in [0.15, 0.2) is 59.7 Å². The topological polar surface area (TPSA) is 129 Å². The van der Waals surface area contributed by atoms with Crippen LogP contribution in [0.1, 0.15) is 37.0 Å². The lowest BCUT2D eigenvalue weighted by atomic mass is 9.87. The molecule has 0 fully saturated rings. The Morgan fingerprint density at radius 2 is 1.85 bits per heavy atom. The van der Waals surface area contributed by atoms with Gasteiger partial charge in [-0.1, -0.05) is 35.4 Å². The average Bonchev–Trinajstić information content (AvgIpc) is 2.92. The minimum atomic E-state index is -1.19. The van der Waals surface area contributed by atoms with Gasteiger partial charge in [-0.2, -0.15) is 0 Å². The quantitative estimate of drug-likeness (QED) is 0.215. The largest absolute Gasteiger partial charge is 0.493 e. The number of aliphatic hydroxyl groups is 3. The van der Waals surface area contributed by atoms with Crippen molar-refractivity contribution in [1.29, 1.82) is 0 Å². The highest BCUT2D eigenvalue weighted by Gasteiger charge is 2.40. The van der Waals surface area contributed by atoms with Crippen LogP contribution in [0.5, 0.6) is 11.5 Å². The molecule has 1 aliphatic carbocycles. The van der Waals surface area contributed by atoms with Gasteiger partial charge in [-0.3, -0.25) is 9.59 Å². The second kappa shape index (κ2) is 14.6. The second-order valence-electron chi connectivity index (χ2n) is 9.96. The molecule has 0 bridgehead atoms. The number of nitrogens with one attached hydrogen (secondary N) is 1. The summed E-state index contributed by atoms with van der Waals surface area (Å²) in [7, 11) is 1.48. The first-order valence-corrected chi connectivity index (χ1v) is 14.1. The number of amides is 2. The number of aryl methyl sites for hydroxylation is 1. The zero-order chi connectivity index (χ0) is 29.4. The summed E-state index contributed by atoms with van der Waals surface area (Å²) >= 11 is 2.06. The van der Waals surface area contributed by atoms with Gasteiger partial charge in [0.2, 0.25) is 11.8 Å². The summed E-state index contributed by atoms with van der Waals surface area (Å²) in [4.78, 5) is 28.1. The van der Waals surface area contributed by atoms with Gasteiger partial charge in [0.25, 0.3) is 0 Å². The van der Waals surface area contributed by atoms with Gasteiger partial charge in [0.05, 0.1) is 29.9 Å². The smallest absolute Gasteiger partial charge is 0.247 e. The Morgan fingerprint density at radius 3 is 2.45 bits per heavy atom. The maximum atomic E-state index is 13.5. The zero-order valence-electron chi connectivity index (χ0n) is 23.2. The number of aliphatic hydroxyl groups excluding tert-OH is 3. The summed E-state index contributed by atoms with van der Waals surface area (Å²) in [5.74, 6) is 0.000742. The molecule has 2 aromatic rings. The number of carbonyl (C=O) groups is 2. The fourth-order valence-electron chi connectivity index (χ4n) is 4.47. The maximum absolute atomic E-state index is 13.5. The Bertz CT molecular complexity index is 1260. The van der Waals surface area contributed by atoms with Gasteiger partial charge in [-0.15, -0.1) is 0 Å². The Kier molecular flexibility index (Phi) is 11.6. The first kappa shape index (κ1) is 31.6. The Labute approximate surface area is 248 Å². The van der Waals surface area contributed by atoms with Crippen LogP contribution in [-0.4, -0.2) is 70.5 Å². The number of methoxy groups -OCH3 is 1. The van der Waals surface area contributed by atoms with Crippen molar-refractivity contribution in [3.63, 3.8) is 0 Å². The third kappa shape index (κ3) is 8.06. The van der Waals surface area contributed by atoms with E-state index in [0.29, 0.717) is 26.2 Å². The predicted molar refractivity (Wildman–Crippen MR) is 160 cm³/mol. The third-order valence-corrected chi connectivity index (χ3v) is 7.31. The van der Waals surface area contributed by atoms with Crippen molar-refractivity contribution < 1.29 is 34.4 Å². The molecule has 3 atom stereocenters. The number of ether oxygens (including phenoxy) is 2. The summed E-state index contributed by atoms with van der Waals surface area (Å²) in [5.41, 5.74) is 3.72. The van der Waals surface area contributed by atoms with Crippen molar-refractivity contribution in [2.24, 2.45) is 0 Å². The van der Waals surface area contributed by atoms with Crippen LogP contribution in [0.25, 0.3) is 0 Å². The van der Waals surface area contributed by atoms with E-state index in [1.165, 1.54) is 13.2 Å². The molecule has 3 rings (SSSR count). The minimum absolute atomic E-state index is 0.0625. The highest BCUT2D eigenvalue weighted by molar-refractivity contribution is 14.1. The van der Waals surface area contributed by atoms with Crippen LogP contribution in [-0.2, 0) is 22.7 Å². The van der Waals surface area contributed by atoms with Gasteiger partial charge in [0.15, 0.2) is 11.5 Å². The summed E-state index contributed by atoms with van der Waals surface area (Å²) in [6.45, 7) is 5.49. The Balaban J connectivity index is 2.06. The van der Waals surface area contributed by atoms with Crippen molar-refractivity contribution in [2.75, 3.05) is 20.3 Å². The van der Waals surface area contributed by atoms with E-state index in [9.17, 15) is 24.9 Å². The zero-order valence-corrected chi connectivity index (χ0v) is 25.3. The number of benzene rings is 2. The number of carbonyl (C=O) groups excluding carboxylic acids is 2. The Hall–Kier alpha value is -2.93. The SMILES string of the molecule is COc1cc(CO)cc(I)c1O[C@H]1C=C(C(=O)NCCO)C[C@@H](N(Cc2ccc(C)cc2)C(=O)C=C(C)C)[C@@H]1O. The number of rotatable bonds is 11. The van der Waals surface area contributed by atoms with E-state index in [4.69, 9.17) is 9.47 Å². The van der Waals surface area contributed by atoms with E-state index in [-0.39, 0.29) is 38.6 Å². The molecule has 0 saturated heterocycles. The second-order valence-corrected chi connectivity index (χ2v) is 11.1. The van der Waals surface area contributed by atoms with E-state index in [2.05, 4.69) is 27.9 Å². The molecular weight excluding hydrogens is 627 g/mol. The predicted octanol–water partition coefficient (Wildman–Crippen LogP) is 3.01. The molecule has 0 aliphatic heterocycles. The van der Waals surface area contributed by atoms with E-state index in [1.807, 2.05) is 45.0 Å². The molecule has 4 N–H and O–H groups in total. The van der Waals surface area contributed by atoms with Crippen LogP contribution in [0.2, 0.25) is 0 Å². The van der Waals surface area contributed by atoms with Crippen molar-refractivity contribution in [2.45, 2.75) is 58.6 Å². The Morgan fingerprint density at radius 1 is 1.15 bits per heavy atom. The van der Waals surface area contributed by atoms with Crippen LogP contribution in [0, 0.1) is 10.5 Å². The number of halogens is 1. The molecule has 9 nitrogen and oxygen atoms in total. The lowest BCUT2D eigenvalue weighted by Crippen LogP contribution is -2.54. The van der Waals surface area contributed by atoms with Crippen LogP contribution < -0.4 is 14.8 Å². The lowest BCUT2D eigenvalue weighted by Gasteiger charge is -2.40. The molecule has 40 heavy (non-hydrogen) atoms. The van der Waals surface area contributed by atoms with Crippen molar-refractivity contribution in [3.8, 4) is 11.5 Å². The van der Waals surface area contributed by atoms with Gasteiger partial charge in [-0.25, -0.2) is 0 Å². The number of hydrogen-bond acceptors (Lipinski definition) is 7. The highest BCUT2D eigenvalue weighted by atomic mass is 127. The van der Waals surface area contributed by atoms with Gasteiger partial charge in [0, 0.05) is 31.2 Å². The summed E-state index contributed by atoms with van der Waals surface area (Å²) < 4.78 is 12.4. The molecule has 0 spiro atoms. The minimum Gasteiger partial charge on any atom is -0.493 e. The molecule has 2 aromatic carbocycles. The summed E-state index contributed by atoms with van der Waals surface area (Å²) in [6, 6.07) is 10.4. The molecule has 1 aliphatic rings. The molecule has 0 saturated carbocycles. The van der Waals surface area contributed by atoms with E-state index < -0.39 is 24.2 Å². The number of hydrogen-bond donors (Lipinski definition) is 4. The summed E-state index contributed by atoms with van der Waals surface area (Å²) in [6.07, 6.45) is 0.965. The first-order chi connectivity index (χ1) is 19.1. The standard InChI is InChI=1S/C30H37IN2O7/c1-18(2)11-27(36)33(16-20-7-5-19(3)6-8-20)24-14-22(30(38)32-9-10-34)15-25(28(24)37)40-29-23(31)12-21(17-35)13-26(29)39-4/h5-8,11-13,15,24-25,28,34-35,37H,9-10,14,16-17H2,1-4H3,(H,32,38)/t24-,25+,28+/m1/s1. The lowest BCUT2D eigenvalue weighted by molar-refractivity contribution is -0.134. The van der Waals surface area contributed by atoms with E-state index in [0.717, 1.165) is 16.7 Å². The van der Waals surface area contributed by atoms with Crippen molar-refractivity contribution >= 4 is 34.4 Å². The van der Waals surface area contributed by atoms with E-state index in [1.54, 1.807) is 23.1 Å². The van der Waals surface area contributed by atoms with Crippen molar-refractivity contribution in [1.82, 2.24) is 10.2 Å². The van der Waals surface area contributed by atoms with Crippen LogP contribution >= 0.6 is 22.6 Å². The fourth-order valence-corrected chi connectivity index (χ4v) is 5.27. The molecule has 216 valence electrons. The fraction of sp³-hybridized carbons (Fsp3) is 0.400. The first-order valence-electron chi connectivity index (χ1n) is 13.0. The number of nitrogens with zero attached hydrogens (tertiary/aromatic N) is 1. The number of allylic oxidation sites excluding steroid dienone is 1. The molecule has 2 amide bonds. The van der Waals surface area contributed by atoms with Crippen LogP contribution in [0.4, 0.5) is 0 Å². The van der Waals surface area contributed by atoms with Gasteiger partial charge in [-0.05, 0) is 72.7 Å².